The third kappa shape index (κ3) is 3.43. The number of hydrogen-bond acceptors (Lipinski definition) is 3. The van der Waals surface area contributed by atoms with Crippen molar-refractivity contribution >= 4 is 32.8 Å². The van der Waals surface area contributed by atoms with Gasteiger partial charge in [0.1, 0.15) is 11.4 Å². The molecule has 6 heteroatoms. The molecule has 0 bridgehead atoms. The van der Waals surface area contributed by atoms with Crippen molar-refractivity contribution in [2.24, 2.45) is 0 Å². The van der Waals surface area contributed by atoms with Crippen molar-refractivity contribution in [2.45, 2.75) is 6.10 Å². The Kier molecular flexibility index (Phi) is 4.45. The van der Waals surface area contributed by atoms with Crippen molar-refractivity contribution in [2.75, 3.05) is 6.54 Å². The van der Waals surface area contributed by atoms with Gasteiger partial charge in [0.15, 0.2) is 5.76 Å². The molecule has 2 aromatic carbocycles. The van der Waals surface area contributed by atoms with Gasteiger partial charge >= 0.3 is 0 Å². The lowest BCUT2D eigenvalue weighted by Crippen LogP contribution is -2.28. The van der Waals surface area contributed by atoms with Crippen LogP contribution >= 0.6 is 15.9 Å². The minimum absolute atomic E-state index is 0.0412. The Morgan fingerprint density at radius 3 is 2.78 bits per heavy atom. The molecule has 0 aliphatic rings. The predicted octanol–water partition coefficient (Wildman–Crippen LogP) is 3.80. The second-order valence-electron chi connectivity index (χ2n) is 5.05. The van der Waals surface area contributed by atoms with E-state index in [-0.39, 0.29) is 12.3 Å². The van der Waals surface area contributed by atoms with Gasteiger partial charge in [-0.1, -0.05) is 24.3 Å². The molecule has 118 valence electrons. The van der Waals surface area contributed by atoms with Gasteiger partial charge in [-0.05, 0) is 45.8 Å². The highest BCUT2D eigenvalue weighted by Crippen LogP contribution is 2.27. The Labute approximate surface area is 140 Å². The van der Waals surface area contributed by atoms with Crippen molar-refractivity contribution in [1.29, 1.82) is 0 Å². The molecular formula is C17H13BrFNO3. The standard InChI is InChI=1S/C17H13BrFNO3/c18-13-6-2-4-11-8-15(23-16(11)13)17(22)20-9-14(21)10-3-1-5-12(19)7-10/h1-8,14,21H,9H2,(H,20,22). The number of nitrogens with one attached hydrogen (secondary N) is 1. The van der Waals surface area contributed by atoms with E-state index in [1.54, 1.807) is 12.1 Å². The molecule has 1 heterocycles. The summed E-state index contributed by atoms with van der Waals surface area (Å²) < 4.78 is 19.4. The molecule has 3 rings (SSSR count). The summed E-state index contributed by atoms with van der Waals surface area (Å²) in [6.45, 7) is -0.0412. The smallest absolute Gasteiger partial charge is 0.287 e. The van der Waals surface area contributed by atoms with E-state index in [9.17, 15) is 14.3 Å². The molecule has 23 heavy (non-hydrogen) atoms. The summed E-state index contributed by atoms with van der Waals surface area (Å²) >= 11 is 3.36. The Hall–Kier alpha value is -2.18. The van der Waals surface area contributed by atoms with Crippen molar-refractivity contribution in [3.05, 3.63) is 70.1 Å². The number of carbonyl (C=O) groups excluding carboxylic acids is 1. The first-order valence-electron chi connectivity index (χ1n) is 6.94. The first-order chi connectivity index (χ1) is 11.0. The fourth-order valence-electron chi connectivity index (χ4n) is 2.25. The average molecular weight is 378 g/mol. The molecule has 1 amide bonds. The van der Waals surface area contributed by atoms with Crippen LogP contribution in [-0.4, -0.2) is 17.6 Å². The monoisotopic (exact) mass is 377 g/mol. The summed E-state index contributed by atoms with van der Waals surface area (Å²) in [5, 5.41) is 13.4. The summed E-state index contributed by atoms with van der Waals surface area (Å²) in [7, 11) is 0. The summed E-state index contributed by atoms with van der Waals surface area (Å²) in [5.41, 5.74) is 0.987. The number of rotatable bonds is 4. The van der Waals surface area contributed by atoms with E-state index in [1.807, 2.05) is 18.2 Å². The molecule has 0 spiro atoms. The quantitative estimate of drug-likeness (QED) is 0.726. The lowest BCUT2D eigenvalue weighted by Gasteiger charge is -2.11. The predicted molar refractivity (Wildman–Crippen MR) is 87.6 cm³/mol. The van der Waals surface area contributed by atoms with Gasteiger partial charge in [-0.3, -0.25) is 4.79 Å². The van der Waals surface area contributed by atoms with E-state index >= 15 is 0 Å². The summed E-state index contributed by atoms with van der Waals surface area (Å²) in [6.07, 6.45) is -0.995. The van der Waals surface area contributed by atoms with Crippen molar-refractivity contribution < 1.29 is 18.7 Å². The zero-order valence-corrected chi connectivity index (χ0v) is 13.5. The number of para-hydroxylation sites is 1. The molecule has 2 N–H and O–H groups in total. The second-order valence-corrected chi connectivity index (χ2v) is 5.90. The van der Waals surface area contributed by atoms with Gasteiger partial charge in [-0.15, -0.1) is 0 Å². The van der Waals surface area contributed by atoms with Crippen molar-refractivity contribution in [3.63, 3.8) is 0 Å². The number of amides is 1. The van der Waals surface area contributed by atoms with Crippen LogP contribution in [0.1, 0.15) is 22.2 Å². The highest BCUT2D eigenvalue weighted by atomic mass is 79.9. The molecular weight excluding hydrogens is 365 g/mol. The number of furan rings is 1. The largest absolute Gasteiger partial charge is 0.450 e. The summed E-state index contributed by atoms with van der Waals surface area (Å²) in [5.74, 6) is -0.725. The van der Waals surface area contributed by atoms with E-state index < -0.39 is 17.8 Å². The van der Waals surface area contributed by atoms with Crippen molar-refractivity contribution in [3.8, 4) is 0 Å². The molecule has 4 nitrogen and oxygen atoms in total. The molecule has 0 radical (unpaired) electrons. The zero-order chi connectivity index (χ0) is 16.4. The Bertz CT molecular complexity index is 862. The Morgan fingerprint density at radius 1 is 1.26 bits per heavy atom. The van der Waals surface area contributed by atoms with Crippen LogP contribution in [0.15, 0.2) is 57.4 Å². The molecule has 0 saturated heterocycles. The van der Waals surface area contributed by atoms with Crippen LogP contribution in [0.4, 0.5) is 4.39 Å². The van der Waals surface area contributed by atoms with Crippen LogP contribution in [0.25, 0.3) is 11.0 Å². The maximum atomic E-state index is 13.1. The van der Waals surface area contributed by atoms with E-state index in [0.717, 1.165) is 9.86 Å². The zero-order valence-electron chi connectivity index (χ0n) is 11.9. The Morgan fingerprint density at radius 2 is 2.04 bits per heavy atom. The topological polar surface area (TPSA) is 62.5 Å². The van der Waals surface area contributed by atoms with Crippen LogP contribution in [0, 0.1) is 5.82 Å². The van der Waals surface area contributed by atoms with Gasteiger partial charge in [0.05, 0.1) is 10.6 Å². The fraction of sp³-hybridized carbons (Fsp3) is 0.118. The van der Waals surface area contributed by atoms with Crippen LogP contribution in [0.5, 0.6) is 0 Å². The molecule has 1 unspecified atom stereocenters. The molecule has 1 aromatic heterocycles. The number of carbonyl (C=O) groups is 1. The maximum absolute atomic E-state index is 13.1. The summed E-state index contributed by atoms with van der Waals surface area (Å²) in [4.78, 5) is 12.1. The second kappa shape index (κ2) is 6.52. The molecule has 1 atom stereocenters. The lowest BCUT2D eigenvalue weighted by molar-refractivity contribution is 0.0891. The molecule has 3 aromatic rings. The number of fused-ring (bicyclic) bond motifs is 1. The van der Waals surface area contributed by atoms with Crippen LogP contribution in [0.3, 0.4) is 0 Å². The van der Waals surface area contributed by atoms with E-state index in [4.69, 9.17) is 4.42 Å². The van der Waals surface area contributed by atoms with Crippen LogP contribution < -0.4 is 5.32 Å². The van der Waals surface area contributed by atoms with Gasteiger partial charge in [0.2, 0.25) is 0 Å². The fourth-order valence-corrected chi connectivity index (χ4v) is 2.71. The van der Waals surface area contributed by atoms with Gasteiger partial charge in [-0.25, -0.2) is 4.39 Å². The number of aliphatic hydroxyl groups is 1. The third-order valence-corrected chi connectivity index (χ3v) is 4.03. The van der Waals surface area contributed by atoms with Crippen LogP contribution in [-0.2, 0) is 0 Å². The average Bonchev–Trinajstić information content (AvgIpc) is 2.98. The highest BCUT2D eigenvalue weighted by Gasteiger charge is 2.15. The summed E-state index contributed by atoms with van der Waals surface area (Å²) in [6, 6.07) is 12.8. The third-order valence-electron chi connectivity index (χ3n) is 3.41. The highest BCUT2D eigenvalue weighted by molar-refractivity contribution is 9.10. The van der Waals surface area contributed by atoms with Gasteiger partial charge in [0.25, 0.3) is 5.91 Å². The molecule has 0 aliphatic heterocycles. The van der Waals surface area contributed by atoms with E-state index in [1.165, 1.54) is 18.2 Å². The van der Waals surface area contributed by atoms with Gasteiger partial charge < -0.3 is 14.8 Å². The maximum Gasteiger partial charge on any atom is 0.287 e. The number of benzene rings is 2. The normalized spacial score (nSPS) is 12.3. The van der Waals surface area contributed by atoms with Gasteiger partial charge in [0, 0.05) is 11.9 Å². The van der Waals surface area contributed by atoms with Crippen LogP contribution in [0.2, 0.25) is 0 Å². The molecule has 0 fully saturated rings. The number of hydrogen-bond donors (Lipinski definition) is 2. The molecule has 0 saturated carbocycles. The minimum Gasteiger partial charge on any atom is -0.450 e. The molecule has 0 aliphatic carbocycles. The Balaban J connectivity index is 1.70. The first kappa shape index (κ1) is 15.7. The number of halogens is 2. The van der Waals surface area contributed by atoms with E-state index in [0.29, 0.717) is 11.1 Å². The first-order valence-corrected chi connectivity index (χ1v) is 7.73. The SMILES string of the molecule is O=C(NCC(O)c1cccc(F)c1)c1cc2cccc(Br)c2o1. The number of aliphatic hydroxyl groups excluding tert-OH is 1. The van der Waals surface area contributed by atoms with Gasteiger partial charge in [-0.2, -0.15) is 0 Å². The van der Waals surface area contributed by atoms with E-state index in [2.05, 4.69) is 21.2 Å². The lowest BCUT2D eigenvalue weighted by atomic mass is 10.1. The minimum atomic E-state index is -0.995. The van der Waals surface area contributed by atoms with Crippen molar-refractivity contribution in [1.82, 2.24) is 5.32 Å².